The fourth-order valence-electron chi connectivity index (χ4n) is 3.94. The van der Waals surface area contributed by atoms with Crippen molar-refractivity contribution in [1.82, 2.24) is 19.9 Å². The Labute approximate surface area is 176 Å². The van der Waals surface area contributed by atoms with Crippen LogP contribution < -0.4 is 0 Å². The molecule has 5 rings (SSSR count). The molecule has 1 atom stereocenters. The Balaban J connectivity index is 1.61. The second-order valence-corrected chi connectivity index (χ2v) is 8.12. The third-order valence-electron chi connectivity index (χ3n) is 5.48. The van der Waals surface area contributed by atoms with Crippen LogP contribution in [-0.2, 0) is 12.1 Å². The van der Waals surface area contributed by atoms with E-state index in [4.69, 9.17) is 8.83 Å². The summed E-state index contributed by atoms with van der Waals surface area (Å²) in [6.45, 7) is 4.57. The highest BCUT2D eigenvalue weighted by Gasteiger charge is 2.39. The number of carbonyl (C=O) groups excluding carboxylic acids is 1. The Morgan fingerprint density at radius 3 is 2.84 bits per heavy atom. The number of carbonyl (C=O) groups is 1. The number of rotatable bonds is 3. The van der Waals surface area contributed by atoms with Crippen LogP contribution in [0.2, 0.25) is 0 Å². The molecule has 0 radical (unpaired) electrons. The maximum atomic E-state index is 14.3. The first-order valence-corrected chi connectivity index (χ1v) is 9.92. The normalized spacial score (nSPS) is 16.7. The summed E-state index contributed by atoms with van der Waals surface area (Å²) in [4.78, 5) is 26.6. The monoisotopic (exact) mass is 426 g/mol. The number of benzene rings is 1. The molecule has 0 fully saturated rings. The Morgan fingerprint density at radius 1 is 1.32 bits per heavy atom. The minimum atomic E-state index is -1.82. The van der Waals surface area contributed by atoms with Crippen LogP contribution in [0.25, 0.3) is 11.0 Å². The first-order valence-electron chi connectivity index (χ1n) is 9.92. The SMILES string of the molecule is Cc1nc(C(C)(C)F)oc1C(=O)N1CCc2[nH]cnc2[C@H]1c1cc2c(F)cccc2o1. The molecule has 0 saturated heterocycles. The predicted octanol–water partition coefficient (Wildman–Crippen LogP) is 4.58. The summed E-state index contributed by atoms with van der Waals surface area (Å²) in [6, 6.07) is 5.47. The first-order chi connectivity index (χ1) is 14.7. The Morgan fingerprint density at radius 2 is 2.13 bits per heavy atom. The lowest BCUT2D eigenvalue weighted by atomic mass is 9.99. The van der Waals surface area contributed by atoms with Gasteiger partial charge in [0.15, 0.2) is 5.67 Å². The van der Waals surface area contributed by atoms with Gasteiger partial charge >= 0.3 is 0 Å². The van der Waals surface area contributed by atoms with Gasteiger partial charge in [0.2, 0.25) is 11.7 Å². The van der Waals surface area contributed by atoms with Gasteiger partial charge in [0.1, 0.15) is 23.2 Å². The highest BCUT2D eigenvalue weighted by molar-refractivity contribution is 5.93. The molecule has 0 aliphatic carbocycles. The lowest BCUT2D eigenvalue weighted by Crippen LogP contribution is -2.40. The van der Waals surface area contributed by atoms with Gasteiger partial charge in [-0.15, -0.1) is 0 Å². The zero-order chi connectivity index (χ0) is 21.9. The molecule has 4 aromatic rings. The van der Waals surface area contributed by atoms with Crippen molar-refractivity contribution in [3.63, 3.8) is 0 Å². The van der Waals surface area contributed by atoms with Crippen molar-refractivity contribution in [2.45, 2.75) is 38.9 Å². The van der Waals surface area contributed by atoms with Crippen LogP contribution in [0, 0.1) is 12.7 Å². The topological polar surface area (TPSA) is 88.2 Å². The van der Waals surface area contributed by atoms with Gasteiger partial charge in [0, 0.05) is 18.7 Å². The molecule has 3 aromatic heterocycles. The molecule has 0 saturated carbocycles. The van der Waals surface area contributed by atoms with Gasteiger partial charge in [-0.1, -0.05) is 6.07 Å². The van der Waals surface area contributed by atoms with E-state index in [9.17, 15) is 13.6 Å². The molecular formula is C22H20F2N4O3. The fourth-order valence-corrected chi connectivity index (χ4v) is 3.94. The van der Waals surface area contributed by atoms with Crippen molar-refractivity contribution in [3.8, 4) is 0 Å². The molecule has 1 N–H and O–H groups in total. The molecule has 4 heterocycles. The molecule has 1 aliphatic rings. The summed E-state index contributed by atoms with van der Waals surface area (Å²) in [6.07, 6.45) is 2.10. The van der Waals surface area contributed by atoms with Crippen LogP contribution in [0.4, 0.5) is 8.78 Å². The number of alkyl halides is 1. The Hall–Kier alpha value is -3.49. The Kier molecular flexibility index (Phi) is 4.25. The fraction of sp³-hybridized carbons (Fsp3) is 0.318. The molecule has 9 heteroatoms. The summed E-state index contributed by atoms with van der Waals surface area (Å²) in [5, 5.41) is 0.324. The number of furan rings is 1. The van der Waals surface area contributed by atoms with E-state index in [2.05, 4.69) is 15.0 Å². The molecule has 0 bridgehead atoms. The van der Waals surface area contributed by atoms with Crippen LogP contribution in [0.5, 0.6) is 0 Å². The van der Waals surface area contributed by atoms with Crippen LogP contribution in [0.15, 0.2) is 39.4 Å². The zero-order valence-electron chi connectivity index (χ0n) is 17.2. The van der Waals surface area contributed by atoms with E-state index in [1.54, 1.807) is 36.4 Å². The summed E-state index contributed by atoms with van der Waals surface area (Å²) < 4.78 is 40.1. The third kappa shape index (κ3) is 3.11. The molecule has 1 amide bonds. The number of halogens is 2. The number of hydrogen-bond acceptors (Lipinski definition) is 5. The van der Waals surface area contributed by atoms with Crippen molar-refractivity contribution >= 4 is 16.9 Å². The average molecular weight is 426 g/mol. The number of oxazole rings is 1. The smallest absolute Gasteiger partial charge is 0.292 e. The van der Waals surface area contributed by atoms with Gasteiger partial charge in [-0.2, -0.15) is 0 Å². The van der Waals surface area contributed by atoms with Crippen molar-refractivity contribution in [3.05, 3.63) is 70.9 Å². The number of imidazole rings is 1. The van der Waals surface area contributed by atoms with Crippen molar-refractivity contribution in [1.29, 1.82) is 0 Å². The van der Waals surface area contributed by atoms with E-state index in [1.807, 2.05) is 0 Å². The van der Waals surface area contributed by atoms with E-state index in [0.717, 1.165) is 5.69 Å². The van der Waals surface area contributed by atoms with E-state index in [-0.39, 0.29) is 11.7 Å². The van der Waals surface area contributed by atoms with Gasteiger partial charge in [-0.3, -0.25) is 4.79 Å². The number of nitrogens with zero attached hydrogens (tertiary/aromatic N) is 3. The molecule has 0 unspecified atom stereocenters. The lowest BCUT2D eigenvalue weighted by Gasteiger charge is -2.33. The number of nitrogens with one attached hydrogen (secondary N) is 1. The molecule has 160 valence electrons. The third-order valence-corrected chi connectivity index (χ3v) is 5.48. The first kappa shape index (κ1) is 19.5. The number of aryl methyl sites for hydroxylation is 1. The number of H-pyrrole nitrogens is 1. The number of aromatic nitrogens is 3. The molecular weight excluding hydrogens is 406 g/mol. The number of aromatic amines is 1. The highest BCUT2D eigenvalue weighted by atomic mass is 19.1. The summed E-state index contributed by atoms with van der Waals surface area (Å²) in [7, 11) is 0. The summed E-state index contributed by atoms with van der Waals surface area (Å²) in [5.74, 6) is -0.686. The van der Waals surface area contributed by atoms with Crippen LogP contribution >= 0.6 is 0 Å². The summed E-state index contributed by atoms with van der Waals surface area (Å²) >= 11 is 0. The number of hydrogen-bond donors (Lipinski definition) is 1. The summed E-state index contributed by atoms with van der Waals surface area (Å²) in [5.41, 5.74) is 0.336. The van der Waals surface area contributed by atoms with Gasteiger partial charge in [-0.25, -0.2) is 18.7 Å². The van der Waals surface area contributed by atoms with Gasteiger partial charge in [-0.05, 0) is 39.0 Å². The van der Waals surface area contributed by atoms with E-state index >= 15 is 0 Å². The van der Waals surface area contributed by atoms with Crippen molar-refractivity contribution < 1.29 is 22.4 Å². The van der Waals surface area contributed by atoms with Gasteiger partial charge in [0.05, 0.1) is 23.1 Å². The minimum absolute atomic E-state index is 0.0352. The number of fused-ring (bicyclic) bond motifs is 2. The quantitative estimate of drug-likeness (QED) is 0.518. The lowest BCUT2D eigenvalue weighted by molar-refractivity contribution is 0.0628. The zero-order valence-corrected chi connectivity index (χ0v) is 17.2. The molecule has 7 nitrogen and oxygen atoms in total. The van der Waals surface area contributed by atoms with Crippen LogP contribution in [0.3, 0.4) is 0 Å². The largest absolute Gasteiger partial charge is 0.458 e. The molecule has 1 aromatic carbocycles. The van der Waals surface area contributed by atoms with E-state index < -0.39 is 23.4 Å². The Bertz CT molecular complexity index is 1300. The maximum Gasteiger partial charge on any atom is 0.292 e. The second-order valence-electron chi connectivity index (χ2n) is 8.12. The van der Waals surface area contributed by atoms with E-state index in [0.29, 0.717) is 41.1 Å². The number of amides is 1. The van der Waals surface area contributed by atoms with Crippen molar-refractivity contribution in [2.24, 2.45) is 0 Å². The van der Waals surface area contributed by atoms with Crippen LogP contribution in [0.1, 0.15) is 59.2 Å². The van der Waals surface area contributed by atoms with Crippen LogP contribution in [-0.4, -0.2) is 32.3 Å². The highest BCUT2D eigenvalue weighted by Crippen LogP contribution is 2.38. The second kappa shape index (κ2) is 6.76. The van der Waals surface area contributed by atoms with E-state index in [1.165, 1.54) is 19.9 Å². The maximum absolute atomic E-state index is 14.3. The van der Waals surface area contributed by atoms with Crippen molar-refractivity contribution in [2.75, 3.05) is 6.54 Å². The predicted molar refractivity (Wildman–Crippen MR) is 107 cm³/mol. The molecule has 0 spiro atoms. The minimum Gasteiger partial charge on any atom is -0.458 e. The average Bonchev–Trinajstić information content (AvgIpc) is 3.44. The van der Waals surface area contributed by atoms with Gasteiger partial charge < -0.3 is 18.7 Å². The van der Waals surface area contributed by atoms with Gasteiger partial charge in [0.25, 0.3) is 5.91 Å². The molecule has 1 aliphatic heterocycles. The standard InChI is InChI=1S/C22H20F2N4O3/c1-11-19(31-21(27-11)22(2,3)24)20(29)28-8-7-14-17(26-10-25-14)18(28)16-9-12-13(23)5-4-6-15(12)30-16/h4-6,9-10,18H,7-8H2,1-3H3,(H,25,26)/t18-/m1/s1. The molecule has 31 heavy (non-hydrogen) atoms.